The van der Waals surface area contributed by atoms with Gasteiger partial charge >= 0.3 is 0 Å². The van der Waals surface area contributed by atoms with Gasteiger partial charge in [0.05, 0.1) is 16.4 Å². The normalized spacial score (nSPS) is 20.8. The summed E-state index contributed by atoms with van der Waals surface area (Å²) in [7, 11) is 2.09. The number of rotatable bonds is 0. The van der Waals surface area contributed by atoms with Crippen LogP contribution in [-0.2, 0) is 0 Å². The lowest BCUT2D eigenvalue weighted by molar-refractivity contribution is 0.738. The highest BCUT2D eigenvalue weighted by molar-refractivity contribution is 6.34. The van der Waals surface area contributed by atoms with E-state index in [1.54, 1.807) is 0 Å². The molecule has 3 heteroatoms. The summed E-state index contributed by atoms with van der Waals surface area (Å²) in [6.45, 7) is 3.18. The second kappa shape index (κ2) is 3.11. The predicted octanol–water partition coefficient (Wildman–Crippen LogP) is 2.59. The second-order valence-corrected chi connectivity index (χ2v) is 3.97. The molecule has 0 bridgehead atoms. The highest BCUT2D eigenvalue weighted by Crippen LogP contribution is 2.35. The van der Waals surface area contributed by atoms with E-state index < -0.39 is 0 Å². The number of nitrogens with zero attached hydrogens (tertiary/aromatic N) is 1. The van der Waals surface area contributed by atoms with Gasteiger partial charge in [0.1, 0.15) is 0 Å². The molecule has 1 aromatic rings. The Kier molecular flexibility index (Phi) is 2.08. The van der Waals surface area contributed by atoms with Crippen LogP contribution in [0.2, 0.25) is 5.02 Å². The monoisotopic (exact) mass is 196 g/mol. The first-order chi connectivity index (χ1) is 6.18. The molecule has 0 saturated carbocycles. The topological polar surface area (TPSA) is 15.3 Å². The van der Waals surface area contributed by atoms with Gasteiger partial charge in [0, 0.05) is 19.6 Å². The van der Waals surface area contributed by atoms with Crippen LogP contribution in [0.5, 0.6) is 0 Å². The van der Waals surface area contributed by atoms with E-state index in [1.807, 2.05) is 12.1 Å². The van der Waals surface area contributed by atoms with E-state index in [9.17, 15) is 0 Å². The number of anilines is 2. The summed E-state index contributed by atoms with van der Waals surface area (Å²) in [5.74, 6) is 0. The fourth-order valence-electron chi connectivity index (χ4n) is 1.77. The van der Waals surface area contributed by atoms with Crippen molar-refractivity contribution in [1.29, 1.82) is 0 Å². The van der Waals surface area contributed by atoms with Gasteiger partial charge in [0.25, 0.3) is 0 Å². The lowest BCUT2D eigenvalue weighted by Crippen LogP contribution is -2.37. The number of fused-ring (bicyclic) bond motifs is 1. The first-order valence-corrected chi connectivity index (χ1v) is 4.82. The molecule has 1 heterocycles. The quantitative estimate of drug-likeness (QED) is 0.686. The smallest absolute Gasteiger partial charge is 0.0769 e. The van der Waals surface area contributed by atoms with Gasteiger partial charge in [0.2, 0.25) is 0 Å². The van der Waals surface area contributed by atoms with Crippen molar-refractivity contribution < 1.29 is 0 Å². The number of hydrogen-bond donors (Lipinski definition) is 1. The van der Waals surface area contributed by atoms with Gasteiger partial charge in [0.15, 0.2) is 0 Å². The third-order valence-electron chi connectivity index (χ3n) is 2.34. The number of halogens is 1. The molecule has 2 rings (SSSR count). The van der Waals surface area contributed by atoms with Crippen molar-refractivity contribution in [1.82, 2.24) is 0 Å². The van der Waals surface area contributed by atoms with E-state index in [2.05, 4.69) is 30.3 Å². The fourth-order valence-corrected chi connectivity index (χ4v) is 2.00. The summed E-state index contributed by atoms with van der Waals surface area (Å²) < 4.78 is 0. The number of benzene rings is 1. The van der Waals surface area contributed by atoms with Gasteiger partial charge in [-0.05, 0) is 19.1 Å². The molecule has 0 aromatic heterocycles. The molecular formula is C10H13ClN2. The first-order valence-electron chi connectivity index (χ1n) is 4.44. The fraction of sp³-hybridized carbons (Fsp3) is 0.400. The van der Waals surface area contributed by atoms with E-state index in [1.165, 1.54) is 5.69 Å². The number of hydrogen-bond acceptors (Lipinski definition) is 2. The van der Waals surface area contributed by atoms with Crippen molar-refractivity contribution in [2.45, 2.75) is 13.0 Å². The van der Waals surface area contributed by atoms with Crippen LogP contribution in [0.4, 0.5) is 11.4 Å². The Labute approximate surface area is 83.5 Å². The maximum Gasteiger partial charge on any atom is 0.0769 e. The van der Waals surface area contributed by atoms with Crippen LogP contribution in [0.25, 0.3) is 0 Å². The molecule has 0 aliphatic carbocycles. The van der Waals surface area contributed by atoms with Crippen molar-refractivity contribution in [2.75, 3.05) is 23.8 Å². The van der Waals surface area contributed by atoms with Crippen LogP contribution in [0, 0.1) is 0 Å². The van der Waals surface area contributed by atoms with E-state index >= 15 is 0 Å². The molecular weight excluding hydrogens is 184 g/mol. The van der Waals surface area contributed by atoms with E-state index in [-0.39, 0.29) is 0 Å². The van der Waals surface area contributed by atoms with Crippen molar-refractivity contribution in [3.63, 3.8) is 0 Å². The minimum Gasteiger partial charge on any atom is -0.378 e. The second-order valence-electron chi connectivity index (χ2n) is 3.56. The van der Waals surface area contributed by atoms with Gasteiger partial charge < -0.3 is 10.2 Å². The lowest BCUT2D eigenvalue weighted by atomic mass is 10.1. The van der Waals surface area contributed by atoms with Gasteiger partial charge in [-0.1, -0.05) is 17.7 Å². The Morgan fingerprint density at radius 3 is 3.08 bits per heavy atom. The Morgan fingerprint density at radius 1 is 1.54 bits per heavy atom. The summed E-state index contributed by atoms with van der Waals surface area (Å²) in [4.78, 5) is 2.22. The van der Waals surface area contributed by atoms with Crippen LogP contribution in [-0.4, -0.2) is 19.6 Å². The van der Waals surface area contributed by atoms with Gasteiger partial charge in [-0.15, -0.1) is 0 Å². The third-order valence-corrected chi connectivity index (χ3v) is 2.66. The lowest BCUT2D eigenvalue weighted by Gasteiger charge is -2.33. The van der Waals surface area contributed by atoms with Crippen molar-refractivity contribution in [2.24, 2.45) is 0 Å². The van der Waals surface area contributed by atoms with Gasteiger partial charge in [-0.2, -0.15) is 0 Å². The molecule has 0 spiro atoms. The zero-order valence-corrected chi connectivity index (χ0v) is 8.60. The SMILES string of the molecule is CC1CN(C)c2cccc(Cl)c2N1. The molecule has 1 aliphatic rings. The van der Waals surface area contributed by atoms with E-state index in [4.69, 9.17) is 11.6 Å². The third kappa shape index (κ3) is 1.46. The average molecular weight is 197 g/mol. The Morgan fingerprint density at radius 2 is 2.31 bits per heavy atom. The van der Waals surface area contributed by atoms with Crippen LogP contribution in [0.15, 0.2) is 18.2 Å². The van der Waals surface area contributed by atoms with Crippen LogP contribution in [0.3, 0.4) is 0 Å². The minimum atomic E-state index is 0.456. The van der Waals surface area contributed by atoms with Crippen molar-refractivity contribution in [3.8, 4) is 0 Å². The molecule has 0 fully saturated rings. The molecule has 1 N–H and O–H groups in total. The zero-order valence-electron chi connectivity index (χ0n) is 7.84. The van der Waals surface area contributed by atoms with Crippen molar-refractivity contribution in [3.05, 3.63) is 23.2 Å². The molecule has 13 heavy (non-hydrogen) atoms. The van der Waals surface area contributed by atoms with E-state index in [0.29, 0.717) is 6.04 Å². The number of para-hydroxylation sites is 1. The zero-order chi connectivity index (χ0) is 9.42. The Bertz CT molecular complexity index is 325. The predicted molar refractivity (Wildman–Crippen MR) is 57.8 cm³/mol. The van der Waals surface area contributed by atoms with Gasteiger partial charge in [-0.3, -0.25) is 0 Å². The molecule has 0 saturated heterocycles. The molecule has 0 radical (unpaired) electrons. The molecule has 1 aromatic carbocycles. The molecule has 70 valence electrons. The van der Waals surface area contributed by atoms with Crippen LogP contribution < -0.4 is 10.2 Å². The highest BCUT2D eigenvalue weighted by Gasteiger charge is 2.19. The van der Waals surface area contributed by atoms with Crippen molar-refractivity contribution >= 4 is 23.0 Å². The molecule has 2 nitrogen and oxygen atoms in total. The molecule has 0 amide bonds. The summed E-state index contributed by atoms with van der Waals surface area (Å²) in [5.41, 5.74) is 2.25. The van der Waals surface area contributed by atoms with E-state index in [0.717, 1.165) is 17.3 Å². The maximum atomic E-state index is 6.08. The van der Waals surface area contributed by atoms with Crippen LogP contribution >= 0.6 is 11.6 Å². The number of nitrogens with one attached hydrogen (secondary N) is 1. The highest BCUT2D eigenvalue weighted by atomic mass is 35.5. The summed E-state index contributed by atoms with van der Waals surface area (Å²) in [6, 6.07) is 6.44. The average Bonchev–Trinajstić information content (AvgIpc) is 2.07. The first kappa shape index (κ1) is 8.70. The van der Waals surface area contributed by atoms with Crippen LogP contribution in [0.1, 0.15) is 6.92 Å². The molecule has 1 aliphatic heterocycles. The standard InChI is InChI=1S/C10H13ClN2/c1-7-6-13(2)9-5-3-4-8(11)10(9)12-7/h3-5,7,12H,6H2,1-2H3. The number of likely N-dealkylation sites (N-methyl/N-ethyl adjacent to an activating group) is 1. The summed E-state index contributed by atoms with van der Waals surface area (Å²) in [6.07, 6.45) is 0. The molecule has 1 atom stereocenters. The molecule has 1 unspecified atom stereocenters. The largest absolute Gasteiger partial charge is 0.378 e. The minimum absolute atomic E-state index is 0.456. The summed E-state index contributed by atoms with van der Waals surface area (Å²) >= 11 is 6.08. The van der Waals surface area contributed by atoms with Gasteiger partial charge in [-0.25, -0.2) is 0 Å². The maximum absolute atomic E-state index is 6.08. The Hall–Kier alpha value is -0.890. The Balaban J connectivity index is 2.49. The summed E-state index contributed by atoms with van der Waals surface area (Å²) in [5, 5.41) is 4.19.